The predicted octanol–water partition coefficient (Wildman–Crippen LogP) is 5.59. The third kappa shape index (κ3) is 9.76. The lowest BCUT2D eigenvalue weighted by molar-refractivity contribution is 0.480. The number of hydrogen-bond acceptors (Lipinski definition) is 21. The molecule has 2 heterocycles. The zero-order chi connectivity index (χ0) is 45.8. The number of nitrogens with zero attached hydrogens (tertiary/aromatic N) is 8. The zero-order valence-corrected chi connectivity index (χ0v) is 35.3. The van der Waals surface area contributed by atoms with Crippen LogP contribution in [0, 0.1) is 0 Å². The third-order valence-electron chi connectivity index (χ3n) is 8.33. The number of phenols is 1. The Kier molecular flexibility index (Phi) is 11.5. The van der Waals surface area contributed by atoms with Gasteiger partial charge in [-0.2, -0.15) is 63.6 Å². The Bertz CT molecular complexity index is 3550. The molecule has 31 heteroatoms. The van der Waals surface area contributed by atoms with Gasteiger partial charge < -0.3 is 26.8 Å². The summed E-state index contributed by atoms with van der Waals surface area (Å²) < 4.78 is 138. The average Bonchev–Trinajstić information content (AvgIpc) is 3.14. The van der Waals surface area contributed by atoms with Crippen molar-refractivity contribution in [2.24, 2.45) is 10.2 Å². The van der Waals surface area contributed by atoms with Crippen molar-refractivity contribution in [3.63, 3.8) is 0 Å². The Morgan fingerprint density at radius 3 is 1.79 bits per heavy atom. The van der Waals surface area contributed by atoms with Gasteiger partial charge in [-0.05, 0) is 77.1 Å². The van der Waals surface area contributed by atoms with Crippen LogP contribution in [-0.2, 0) is 40.5 Å². The minimum absolute atomic E-state index is 0.0372. The van der Waals surface area contributed by atoms with Gasteiger partial charge in [-0.25, -0.2) is 0 Å². The highest BCUT2D eigenvalue weighted by Crippen LogP contribution is 2.43. The van der Waals surface area contributed by atoms with Crippen molar-refractivity contribution in [1.29, 1.82) is 0 Å². The number of benzene rings is 5. The summed E-state index contributed by atoms with van der Waals surface area (Å²) in [6, 6.07) is 12.9. The first-order chi connectivity index (χ1) is 29.3. The van der Waals surface area contributed by atoms with Crippen molar-refractivity contribution in [2.45, 2.75) is 19.6 Å². The molecule has 0 unspecified atom stereocenters. The predicted molar refractivity (Wildman–Crippen MR) is 223 cm³/mol. The highest BCUT2D eigenvalue weighted by Gasteiger charge is 2.25. The fourth-order valence-electron chi connectivity index (χ4n) is 5.89. The van der Waals surface area contributed by atoms with Gasteiger partial charge in [0.15, 0.2) is 5.75 Å². The second-order valence-electron chi connectivity index (χ2n) is 12.5. The number of nitrogens with one attached hydrogen (secondary N) is 3. The van der Waals surface area contributed by atoms with Crippen LogP contribution in [0.2, 0.25) is 10.6 Å². The van der Waals surface area contributed by atoms with Crippen LogP contribution >= 0.6 is 23.2 Å². The molecule has 25 nitrogen and oxygen atoms in total. The van der Waals surface area contributed by atoms with Crippen molar-refractivity contribution in [3.8, 4) is 5.75 Å². The fraction of sp³-hybridized carbons (Fsp3) is 0. The van der Waals surface area contributed by atoms with E-state index >= 15 is 0 Å². The first kappa shape index (κ1) is 44.5. The lowest BCUT2D eigenvalue weighted by Gasteiger charge is -2.14. The van der Waals surface area contributed by atoms with Gasteiger partial charge in [0.2, 0.25) is 34.4 Å². The minimum Gasteiger partial charge on any atom is -0.505 e. The summed E-state index contributed by atoms with van der Waals surface area (Å²) in [5.74, 6) is -2.08. The smallest absolute Gasteiger partial charge is 0.297 e. The number of hydrogen-bond donors (Lipinski definition) is 9. The Morgan fingerprint density at radius 2 is 1.16 bits per heavy atom. The van der Waals surface area contributed by atoms with E-state index in [9.17, 15) is 57.0 Å². The Labute approximate surface area is 363 Å². The fourth-order valence-corrected chi connectivity index (χ4v) is 8.93. The van der Waals surface area contributed by atoms with Crippen molar-refractivity contribution >= 4 is 137 Å². The van der Waals surface area contributed by atoms with E-state index < -0.39 is 82.7 Å². The quantitative estimate of drug-likeness (QED) is 0.0532. The standard InChI is InChI=1S/C32H22Cl2N12O13S4/c33-27-39-29(35)43-31(40-27)37-20-11-14(5-9-23(20)62(54,55)56)36-30-41-28(34)42-32(44-30)38-21-12-15(60(48,49)50)10-13-4-7-18(25(47)24(13)21)45-46-19-8-6-16-17(26(19)63(57,58)59)2-1-3-22(16)61(51,52)53/h1-12,47H,(H,48,49,50)(H,51,52,53)(H,54,55,56)(H,57,58,59)(H3,35,37,39,40,43)(H2,36,38,41,42,44). The summed E-state index contributed by atoms with van der Waals surface area (Å²) >= 11 is 12.0. The average molecular weight is 982 g/mol. The lowest BCUT2D eigenvalue weighted by atomic mass is 10.1. The van der Waals surface area contributed by atoms with Crippen LogP contribution in [0.3, 0.4) is 0 Å². The van der Waals surface area contributed by atoms with Gasteiger partial charge in [-0.15, -0.1) is 10.2 Å². The Hall–Kier alpha value is -6.54. The number of aromatic hydroxyl groups is 1. The molecule has 0 saturated carbocycles. The van der Waals surface area contributed by atoms with Crippen molar-refractivity contribution in [3.05, 3.63) is 83.4 Å². The molecule has 0 radical (unpaired) electrons. The van der Waals surface area contributed by atoms with Crippen LogP contribution < -0.4 is 21.7 Å². The van der Waals surface area contributed by atoms with E-state index in [4.69, 9.17) is 28.9 Å². The molecule has 0 bridgehead atoms. The van der Waals surface area contributed by atoms with E-state index in [0.717, 1.165) is 60.7 Å². The number of aromatic nitrogens is 6. The van der Waals surface area contributed by atoms with Crippen molar-refractivity contribution in [2.75, 3.05) is 21.7 Å². The number of nitrogen functional groups attached to an aromatic ring is 1. The number of fused-ring (bicyclic) bond motifs is 2. The second kappa shape index (κ2) is 16.3. The molecular weight excluding hydrogens is 960 g/mol. The highest BCUT2D eigenvalue weighted by molar-refractivity contribution is 7.87. The maximum Gasteiger partial charge on any atom is 0.297 e. The number of halogens is 2. The van der Waals surface area contributed by atoms with Gasteiger partial charge in [0.05, 0.1) is 16.3 Å². The van der Waals surface area contributed by atoms with Gasteiger partial charge in [0, 0.05) is 21.8 Å². The Balaban J connectivity index is 1.28. The number of nitrogens with two attached hydrogens (primary N) is 1. The number of azo groups is 1. The summed E-state index contributed by atoms with van der Waals surface area (Å²) in [7, 11) is -19.8. The summed E-state index contributed by atoms with van der Waals surface area (Å²) in [5.41, 5.74) is 4.14. The van der Waals surface area contributed by atoms with Crippen LogP contribution in [0.15, 0.2) is 103 Å². The van der Waals surface area contributed by atoms with E-state index in [-0.39, 0.29) is 67.4 Å². The van der Waals surface area contributed by atoms with Gasteiger partial charge in [-0.3, -0.25) is 18.2 Å². The number of rotatable bonds is 12. The summed E-state index contributed by atoms with van der Waals surface area (Å²) in [6.07, 6.45) is 0. The van der Waals surface area contributed by atoms with Gasteiger partial charge >= 0.3 is 0 Å². The van der Waals surface area contributed by atoms with E-state index in [2.05, 4.69) is 56.1 Å². The summed E-state index contributed by atoms with van der Waals surface area (Å²) in [5, 5.41) is 25.6. The molecule has 2 aromatic heterocycles. The molecule has 7 rings (SSSR count). The minimum atomic E-state index is -5.16. The zero-order valence-electron chi connectivity index (χ0n) is 30.5. The molecule has 10 N–H and O–H groups in total. The van der Waals surface area contributed by atoms with Crippen molar-refractivity contribution < 1.29 is 57.0 Å². The summed E-state index contributed by atoms with van der Waals surface area (Å²) in [6.45, 7) is 0. The molecule has 0 atom stereocenters. The molecule has 7 aromatic rings. The highest BCUT2D eigenvalue weighted by atomic mass is 35.5. The first-order valence-electron chi connectivity index (χ1n) is 16.6. The van der Waals surface area contributed by atoms with Crippen LogP contribution in [0.25, 0.3) is 21.5 Å². The van der Waals surface area contributed by atoms with Crippen LogP contribution in [0.1, 0.15) is 0 Å². The van der Waals surface area contributed by atoms with E-state index in [1.807, 2.05) is 0 Å². The molecule has 0 aliphatic carbocycles. The first-order valence-corrected chi connectivity index (χ1v) is 23.1. The SMILES string of the molecule is Nc1nc(Cl)nc(Nc2cc(Nc3nc(Cl)nc(Nc4cc(S(=O)(=O)O)cc5ccc(N=Nc6ccc7c(S(=O)(=O)O)cccc7c6S(=O)(=O)O)c(O)c45)n3)ccc2S(=O)(=O)O)n1. The van der Waals surface area contributed by atoms with Gasteiger partial charge in [0.25, 0.3) is 40.5 Å². The molecule has 0 fully saturated rings. The molecule has 0 aliphatic rings. The largest absolute Gasteiger partial charge is 0.505 e. The van der Waals surface area contributed by atoms with Crippen LogP contribution in [0.4, 0.5) is 52.2 Å². The molecule has 0 amide bonds. The summed E-state index contributed by atoms with van der Waals surface area (Å²) in [4.78, 5) is 20.4. The normalized spacial score (nSPS) is 12.5. The maximum atomic E-state index is 12.6. The van der Waals surface area contributed by atoms with Gasteiger partial charge in [-0.1, -0.05) is 24.3 Å². The molecule has 63 heavy (non-hydrogen) atoms. The maximum absolute atomic E-state index is 12.6. The molecule has 0 aliphatic heterocycles. The monoisotopic (exact) mass is 980 g/mol. The van der Waals surface area contributed by atoms with Crippen LogP contribution in [0.5, 0.6) is 5.75 Å². The lowest BCUT2D eigenvalue weighted by Crippen LogP contribution is -2.08. The third-order valence-corrected chi connectivity index (χ3v) is 12.3. The molecule has 326 valence electrons. The number of anilines is 7. The van der Waals surface area contributed by atoms with E-state index in [0.29, 0.717) is 0 Å². The molecule has 5 aromatic carbocycles. The van der Waals surface area contributed by atoms with Crippen molar-refractivity contribution in [1.82, 2.24) is 29.9 Å². The second-order valence-corrected chi connectivity index (χ2v) is 18.7. The van der Waals surface area contributed by atoms with E-state index in [1.165, 1.54) is 12.1 Å². The van der Waals surface area contributed by atoms with Crippen LogP contribution in [-0.4, -0.2) is 86.9 Å². The molecule has 0 saturated heterocycles. The molecular formula is C32H22Cl2N12O13S4. The topological polar surface area (TPSA) is 402 Å². The van der Waals surface area contributed by atoms with Gasteiger partial charge in [0.1, 0.15) is 26.1 Å². The molecule has 0 spiro atoms. The van der Waals surface area contributed by atoms with E-state index in [1.54, 1.807) is 0 Å². The Morgan fingerprint density at radius 1 is 0.556 bits per heavy atom. The number of phenolic OH excluding ortho intramolecular Hbond substituents is 1.